The van der Waals surface area contributed by atoms with E-state index in [0.717, 1.165) is 27.4 Å². The molecule has 6 nitrogen and oxygen atoms in total. The van der Waals surface area contributed by atoms with Gasteiger partial charge < -0.3 is 10.2 Å². The maximum Gasteiger partial charge on any atom is 0.264 e. The summed E-state index contributed by atoms with van der Waals surface area (Å²) in [5.41, 5.74) is 2.58. The van der Waals surface area contributed by atoms with Gasteiger partial charge in [0.1, 0.15) is 6.54 Å². The number of benzene rings is 3. The van der Waals surface area contributed by atoms with Crippen molar-refractivity contribution in [2.24, 2.45) is 5.92 Å². The van der Waals surface area contributed by atoms with Crippen LogP contribution >= 0.6 is 15.9 Å². The number of halogens is 1. The molecule has 1 fully saturated rings. The average molecular weight is 571 g/mol. The molecule has 1 heterocycles. The number of rotatable bonds is 8. The molecule has 0 radical (unpaired) electrons. The van der Waals surface area contributed by atoms with Crippen molar-refractivity contribution < 1.29 is 13.2 Å². The number of sulfonamides is 1. The Morgan fingerprint density at radius 3 is 2.47 bits per heavy atom. The van der Waals surface area contributed by atoms with Gasteiger partial charge in [-0.15, -0.1) is 0 Å². The summed E-state index contributed by atoms with van der Waals surface area (Å²) in [4.78, 5) is 15.6. The lowest BCUT2D eigenvalue weighted by Crippen LogP contribution is -2.41. The largest absolute Gasteiger partial charge is 0.371 e. The highest BCUT2D eigenvalue weighted by molar-refractivity contribution is 9.10. The first kappa shape index (κ1) is 26.2. The highest BCUT2D eigenvalue weighted by Crippen LogP contribution is 2.27. The van der Waals surface area contributed by atoms with Crippen LogP contribution in [0.5, 0.6) is 0 Å². The van der Waals surface area contributed by atoms with Crippen molar-refractivity contribution in [2.45, 2.75) is 37.6 Å². The Hall–Kier alpha value is -2.84. The highest BCUT2D eigenvalue weighted by atomic mass is 79.9. The molecule has 0 bridgehead atoms. The minimum atomic E-state index is -3.94. The number of hydrogen-bond donors (Lipinski definition) is 1. The van der Waals surface area contributed by atoms with E-state index < -0.39 is 10.0 Å². The molecule has 0 saturated carbocycles. The van der Waals surface area contributed by atoms with Gasteiger partial charge in [0.05, 0.1) is 16.6 Å². The number of amides is 1. The minimum absolute atomic E-state index is 0.133. The zero-order valence-corrected chi connectivity index (χ0v) is 23.0. The van der Waals surface area contributed by atoms with Crippen molar-refractivity contribution in [1.29, 1.82) is 0 Å². The number of nitrogens with zero attached hydrogens (tertiary/aromatic N) is 2. The van der Waals surface area contributed by atoms with Gasteiger partial charge in [0.2, 0.25) is 5.91 Å². The molecule has 3 aromatic rings. The Balaban J connectivity index is 1.49. The third kappa shape index (κ3) is 6.28. The average Bonchev–Trinajstić information content (AvgIpc) is 2.88. The lowest BCUT2D eigenvalue weighted by atomic mass is 9.99. The minimum Gasteiger partial charge on any atom is -0.371 e. The number of anilines is 2. The molecule has 4 rings (SSSR count). The van der Waals surface area contributed by atoms with E-state index >= 15 is 0 Å². The molecular weight excluding hydrogens is 538 g/mol. The molecular formula is C28H32BrN3O3S. The predicted octanol–water partition coefficient (Wildman–Crippen LogP) is 5.76. The van der Waals surface area contributed by atoms with Crippen molar-refractivity contribution in [2.75, 3.05) is 28.8 Å². The van der Waals surface area contributed by atoms with E-state index in [1.165, 1.54) is 30.7 Å². The van der Waals surface area contributed by atoms with E-state index in [1.54, 1.807) is 36.4 Å². The SMILES string of the molecule is CC1CCCN(c2ccc(C(C)NC(=O)CN(c3cccc(Br)c3)S(=O)(=O)c3ccccc3)cc2)C1. The Morgan fingerprint density at radius 2 is 1.81 bits per heavy atom. The molecule has 0 spiro atoms. The Kier molecular flexibility index (Phi) is 8.36. The van der Waals surface area contributed by atoms with E-state index in [-0.39, 0.29) is 23.4 Å². The molecule has 1 aliphatic heterocycles. The zero-order valence-electron chi connectivity index (χ0n) is 20.6. The van der Waals surface area contributed by atoms with E-state index in [2.05, 4.69) is 45.2 Å². The van der Waals surface area contributed by atoms with Crippen molar-refractivity contribution in [3.05, 3.63) is 88.9 Å². The number of nitrogens with one attached hydrogen (secondary N) is 1. The molecule has 1 amide bonds. The first-order chi connectivity index (χ1) is 17.2. The molecule has 0 aliphatic carbocycles. The summed E-state index contributed by atoms with van der Waals surface area (Å²) in [6, 6.07) is 23.1. The first-order valence-electron chi connectivity index (χ1n) is 12.2. The topological polar surface area (TPSA) is 69.7 Å². The van der Waals surface area contributed by atoms with Crippen LogP contribution in [-0.2, 0) is 14.8 Å². The van der Waals surface area contributed by atoms with Gasteiger partial charge in [-0.1, -0.05) is 59.3 Å². The fourth-order valence-corrected chi connectivity index (χ4v) is 6.39. The molecule has 36 heavy (non-hydrogen) atoms. The number of hydrogen-bond acceptors (Lipinski definition) is 4. The molecule has 8 heteroatoms. The van der Waals surface area contributed by atoms with Crippen LogP contribution in [0, 0.1) is 5.92 Å². The van der Waals surface area contributed by atoms with Crippen molar-refractivity contribution in [1.82, 2.24) is 5.32 Å². The Bertz CT molecular complexity index is 1280. The highest BCUT2D eigenvalue weighted by Gasteiger charge is 2.28. The summed E-state index contributed by atoms with van der Waals surface area (Å²) in [6.07, 6.45) is 2.48. The first-order valence-corrected chi connectivity index (χ1v) is 14.4. The molecule has 1 N–H and O–H groups in total. The van der Waals surface area contributed by atoms with Gasteiger partial charge in [-0.05, 0) is 73.7 Å². The predicted molar refractivity (Wildman–Crippen MR) is 149 cm³/mol. The van der Waals surface area contributed by atoms with Crippen LogP contribution in [0.25, 0.3) is 0 Å². The Labute approximate surface area is 222 Å². The van der Waals surface area contributed by atoms with Crippen molar-refractivity contribution in [3.8, 4) is 0 Å². The maximum absolute atomic E-state index is 13.5. The summed E-state index contributed by atoms with van der Waals surface area (Å²) in [5, 5.41) is 2.97. The van der Waals surface area contributed by atoms with Gasteiger partial charge in [0.15, 0.2) is 0 Å². The zero-order chi connectivity index (χ0) is 25.7. The second-order valence-corrected chi connectivity index (χ2v) is 12.2. The molecule has 2 unspecified atom stereocenters. The van der Waals surface area contributed by atoms with E-state index in [9.17, 15) is 13.2 Å². The number of carbonyl (C=O) groups is 1. The van der Waals surface area contributed by atoms with Gasteiger partial charge in [-0.2, -0.15) is 0 Å². The smallest absolute Gasteiger partial charge is 0.264 e. The van der Waals surface area contributed by atoms with Gasteiger partial charge in [0.25, 0.3) is 10.0 Å². The van der Waals surface area contributed by atoms with Crippen LogP contribution in [0.2, 0.25) is 0 Å². The third-order valence-electron chi connectivity index (χ3n) is 6.51. The Morgan fingerprint density at radius 1 is 1.08 bits per heavy atom. The van der Waals surface area contributed by atoms with E-state index in [4.69, 9.17) is 0 Å². The van der Waals surface area contributed by atoms with Gasteiger partial charge in [0, 0.05) is 23.2 Å². The molecule has 2 atom stereocenters. The lowest BCUT2D eigenvalue weighted by molar-refractivity contribution is -0.120. The summed E-state index contributed by atoms with van der Waals surface area (Å²) in [6.45, 7) is 5.99. The monoisotopic (exact) mass is 569 g/mol. The van der Waals surface area contributed by atoms with Crippen molar-refractivity contribution >= 4 is 43.2 Å². The summed E-state index contributed by atoms with van der Waals surface area (Å²) in [5.74, 6) is 0.313. The number of piperidine rings is 1. The molecule has 190 valence electrons. The normalized spacial score (nSPS) is 16.9. The summed E-state index contributed by atoms with van der Waals surface area (Å²) < 4.78 is 28.8. The fourth-order valence-electron chi connectivity index (χ4n) is 4.56. The summed E-state index contributed by atoms with van der Waals surface area (Å²) in [7, 11) is -3.94. The van der Waals surface area contributed by atoms with Crippen molar-refractivity contribution in [3.63, 3.8) is 0 Å². The maximum atomic E-state index is 13.5. The summed E-state index contributed by atoms with van der Waals surface area (Å²) >= 11 is 3.40. The van der Waals surface area contributed by atoms with Crippen LogP contribution in [0.3, 0.4) is 0 Å². The van der Waals surface area contributed by atoms with E-state index in [0.29, 0.717) is 11.6 Å². The third-order valence-corrected chi connectivity index (χ3v) is 8.79. The van der Waals surface area contributed by atoms with Crippen LogP contribution in [0.4, 0.5) is 11.4 Å². The molecule has 0 aromatic heterocycles. The molecule has 3 aromatic carbocycles. The lowest BCUT2D eigenvalue weighted by Gasteiger charge is -2.33. The quantitative estimate of drug-likeness (QED) is 0.374. The van der Waals surface area contributed by atoms with Gasteiger partial charge >= 0.3 is 0 Å². The fraction of sp³-hybridized carbons (Fsp3) is 0.321. The second kappa shape index (κ2) is 11.5. The standard InChI is InChI=1S/C28H32BrN3O3S/c1-21-8-7-17-31(19-21)25-15-13-23(14-16-25)22(2)30-28(33)20-32(26-10-6-9-24(29)18-26)36(34,35)27-11-4-3-5-12-27/h3-6,9-16,18,21-22H,7-8,17,19-20H2,1-2H3,(H,30,33). The van der Waals surface area contributed by atoms with Crippen LogP contribution in [-0.4, -0.2) is 34.0 Å². The number of carbonyl (C=O) groups excluding carboxylic acids is 1. The van der Waals surface area contributed by atoms with Gasteiger partial charge in [-0.25, -0.2) is 8.42 Å². The van der Waals surface area contributed by atoms with Crippen LogP contribution < -0.4 is 14.5 Å². The van der Waals surface area contributed by atoms with E-state index in [1.807, 2.05) is 25.1 Å². The van der Waals surface area contributed by atoms with Crippen LogP contribution in [0.1, 0.15) is 38.3 Å². The second-order valence-electron chi connectivity index (χ2n) is 9.38. The molecule has 1 saturated heterocycles. The molecule has 1 aliphatic rings. The van der Waals surface area contributed by atoms with Crippen LogP contribution in [0.15, 0.2) is 88.2 Å². The van der Waals surface area contributed by atoms with Gasteiger partial charge in [-0.3, -0.25) is 9.10 Å².